The molecule has 0 aliphatic carbocycles. The van der Waals surface area contributed by atoms with Crippen LogP contribution in [0.25, 0.3) is 0 Å². The number of hydrogen-bond acceptors (Lipinski definition) is 3. The first-order valence-corrected chi connectivity index (χ1v) is 6.21. The SMILES string of the molecule is Cc1oc(CNC(=O)c2cccc(Cl)c2)cc1C(=O)O. The summed E-state index contributed by atoms with van der Waals surface area (Å²) in [5.41, 5.74) is 0.524. The fraction of sp³-hybridized carbons (Fsp3) is 0.143. The Balaban J connectivity index is 2.04. The molecule has 104 valence electrons. The van der Waals surface area contributed by atoms with Gasteiger partial charge in [-0.2, -0.15) is 0 Å². The molecule has 1 aromatic carbocycles. The third-order valence-corrected chi connectivity index (χ3v) is 2.94. The van der Waals surface area contributed by atoms with Gasteiger partial charge in [0, 0.05) is 10.6 Å². The molecule has 2 N–H and O–H groups in total. The number of furan rings is 1. The van der Waals surface area contributed by atoms with E-state index in [1.165, 1.54) is 6.07 Å². The lowest BCUT2D eigenvalue weighted by molar-refractivity contribution is 0.0694. The molecular weight excluding hydrogens is 282 g/mol. The highest BCUT2D eigenvalue weighted by Gasteiger charge is 2.14. The highest BCUT2D eigenvalue weighted by Crippen LogP contribution is 2.15. The van der Waals surface area contributed by atoms with Gasteiger partial charge in [-0.3, -0.25) is 4.79 Å². The highest BCUT2D eigenvalue weighted by molar-refractivity contribution is 6.30. The van der Waals surface area contributed by atoms with E-state index in [9.17, 15) is 9.59 Å². The molecule has 5 nitrogen and oxygen atoms in total. The summed E-state index contributed by atoms with van der Waals surface area (Å²) in [5.74, 6) is -0.670. The zero-order valence-electron chi connectivity index (χ0n) is 10.6. The van der Waals surface area contributed by atoms with Crippen LogP contribution in [0.1, 0.15) is 32.2 Å². The van der Waals surface area contributed by atoms with Crippen molar-refractivity contribution in [3.05, 3.63) is 58.0 Å². The molecule has 0 radical (unpaired) electrons. The molecule has 1 amide bonds. The number of amides is 1. The molecule has 1 heterocycles. The van der Waals surface area contributed by atoms with E-state index in [4.69, 9.17) is 21.1 Å². The van der Waals surface area contributed by atoms with E-state index >= 15 is 0 Å². The lowest BCUT2D eigenvalue weighted by atomic mass is 10.2. The maximum atomic E-state index is 11.9. The van der Waals surface area contributed by atoms with Crippen LogP contribution in [0, 0.1) is 6.92 Å². The highest BCUT2D eigenvalue weighted by atomic mass is 35.5. The van der Waals surface area contributed by atoms with E-state index < -0.39 is 5.97 Å². The van der Waals surface area contributed by atoms with Crippen LogP contribution < -0.4 is 5.32 Å². The van der Waals surface area contributed by atoms with Crippen molar-refractivity contribution in [3.8, 4) is 0 Å². The number of halogens is 1. The van der Waals surface area contributed by atoms with Crippen LogP contribution in [-0.2, 0) is 6.54 Å². The fourth-order valence-corrected chi connectivity index (χ4v) is 1.93. The monoisotopic (exact) mass is 293 g/mol. The fourth-order valence-electron chi connectivity index (χ4n) is 1.74. The molecular formula is C14H12ClNO4. The first-order valence-electron chi connectivity index (χ1n) is 5.83. The minimum absolute atomic E-state index is 0.0944. The number of carboxylic acids is 1. The molecule has 0 saturated heterocycles. The van der Waals surface area contributed by atoms with Crippen molar-refractivity contribution in [1.82, 2.24) is 5.32 Å². The largest absolute Gasteiger partial charge is 0.478 e. The predicted octanol–water partition coefficient (Wildman–Crippen LogP) is 2.87. The van der Waals surface area contributed by atoms with Crippen molar-refractivity contribution in [2.24, 2.45) is 0 Å². The Kier molecular flexibility index (Phi) is 4.10. The average Bonchev–Trinajstić information content (AvgIpc) is 2.77. The predicted molar refractivity (Wildman–Crippen MR) is 73.0 cm³/mol. The number of carbonyl (C=O) groups is 2. The molecule has 6 heteroatoms. The van der Waals surface area contributed by atoms with E-state index in [0.29, 0.717) is 22.1 Å². The second-order valence-electron chi connectivity index (χ2n) is 4.18. The van der Waals surface area contributed by atoms with Crippen molar-refractivity contribution in [2.75, 3.05) is 0 Å². The summed E-state index contributed by atoms with van der Waals surface area (Å²) >= 11 is 5.80. The summed E-state index contributed by atoms with van der Waals surface area (Å²) in [5, 5.41) is 12.0. The maximum Gasteiger partial charge on any atom is 0.339 e. The Morgan fingerprint density at radius 3 is 2.70 bits per heavy atom. The van der Waals surface area contributed by atoms with Crippen molar-refractivity contribution < 1.29 is 19.1 Å². The molecule has 2 rings (SSSR count). The Hall–Kier alpha value is -2.27. The second kappa shape index (κ2) is 5.79. The van der Waals surface area contributed by atoms with Gasteiger partial charge in [0.15, 0.2) is 0 Å². The summed E-state index contributed by atoms with van der Waals surface area (Å²) in [4.78, 5) is 22.7. The Morgan fingerprint density at radius 1 is 1.35 bits per heavy atom. The number of rotatable bonds is 4. The Bertz CT molecular complexity index is 663. The van der Waals surface area contributed by atoms with Gasteiger partial charge in [0.05, 0.1) is 6.54 Å². The van der Waals surface area contributed by atoms with Gasteiger partial charge in [0.25, 0.3) is 5.91 Å². The molecule has 0 saturated carbocycles. The first kappa shape index (κ1) is 14.1. The molecule has 1 aromatic heterocycles. The molecule has 0 spiro atoms. The summed E-state index contributed by atoms with van der Waals surface area (Å²) in [6, 6.07) is 7.93. The van der Waals surface area contributed by atoms with Gasteiger partial charge >= 0.3 is 5.97 Å². The molecule has 0 unspecified atom stereocenters. The minimum atomic E-state index is -1.06. The molecule has 0 aliphatic heterocycles. The van der Waals surface area contributed by atoms with Crippen molar-refractivity contribution in [2.45, 2.75) is 13.5 Å². The standard InChI is InChI=1S/C14H12ClNO4/c1-8-12(14(18)19)6-11(20-8)7-16-13(17)9-3-2-4-10(15)5-9/h2-6H,7H2,1H3,(H,16,17)(H,18,19). The van der Waals surface area contributed by atoms with Crippen LogP contribution in [0.2, 0.25) is 5.02 Å². The van der Waals surface area contributed by atoms with Crippen LogP contribution in [0.15, 0.2) is 34.7 Å². The van der Waals surface area contributed by atoms with Crippen molar-refractivity contribution in [1.29, 1.82) is 0 Å². The van der Waals surface area contributed by atoms with E-state index in [-0.39, 0.29) is 18.0 Å². The summed E-state index contributed by atoms with van der Waals surface area (Å²) in [6.45, 7) is 1.67. The number of benzene rings is 1. The Morgan fingerprint density at radius 2 is 2.10 bits per heavy atom. The Labute approximate surface area is 120 Å². The summed E-state index contributed by atoms with van der Waals surface area (Å²) in [7, 11) is 0. The maximum absolute atomic E-state index is 11.9. The van der Waals surface area contributed by atoms with Gasteiger partial charge in [-0.05, 0) is 31.2 Å². The zero-order chi connectivity index (χ0) is 14.7. The molecule has 20 heavy (non-hydrogen) atoms. The lowest BCUT2D eigenvalue weighted by Gasteiger charge is -2.03. The van der Waals surface area contributed by atoms with Crippen molar-refractivity contribution in [3.63, 3.8) is 0 Å². The lowest BCUT2D eigenvalue weighted by Crippen LogP contribution is -2.22. The van der Waals surface area contributed by atoms with Gasteiger partial charge < -0.3 is 14.8 Å². The number of aromatic carboxylic acids is 1. The van der Waals surface area contributed by atoms with Gasteiger partial charge in [-0.25, -0.2) is 4.79 Å². The molecule has 2 aromatic rings. The third-order valence-electron chi connectivity index (χ3n) is 2.71. The molecule has 0 bridgehead atoms. The van der Waals surface area contributed by atoms with Crippen LogP contribution in [-0.4, -0.2) is 17.0 Å². The average molecular weight is 294 g/mol. The van der Waals surface area contributed by atoms with Crippen LogP contribution >= 0.6 is 11.6 Å². The van der Waals surface area contributed by atoms with Gasteiger partial charge in [-0.15, -0.1) is 0 Å². The van der Waals surface area contributed by atoms with Crippen LogP contribution in [0.5, 0.6) is 0 Å². The number of carboxylic acid groups (broad SMARTS) is 1. The summed E-state index contributed by atoms with van der Waals surface area (Å²) in [6.07, 6.45) is 0. The zero-order valence-corrected chi connectivity index (χ0v) is 11.4. The summed E-state index contributed by atoms with van der Waals surface area (Å²) < 4.78 is 5.26. The van der Waals surface area contributed by atoms with E-state index in [2.05, 4.69) is 5.32 Å². The van der Waals surface area contributed by atoms with Crippen LogP contribution in [0.3, 0.4) is 0 Å². The van der Waals surface area contributed by atoms with Gasteiger partial charge in [0.2, 0.25) is 0 Å². The first-order chi connectivity index (χ1) is 9.47. The smallest absolute Gasteiger partial charge is 0.339 e. The number of nitrogens with one attached hydrogen (secondary N) is 1. The molecule has 0 fully saturated rings. The second-order valence-corrected chi connectivity index (χ2v) is 4.62. The van der Waals surface area contributed by atoms with Gasteiger partial charge in [-0.1, -0.05) is 17.7 Å². The molecule has 0 aliphatic rings. The van der Waals surface area contributed by atoms with Gasteiger partial charge in [0.1, 0.15) is 17.1 Å². The van der Waals surface area contributed by atoms with Crippen molar-refractivity contribution >= 4 is 23.5 Å². The van der Waals surface area contributed by atoms with E-state index in [0.717, 1.165) is 0 Å². The third kappa shape index (κ3) is 3.19. The topological polar surface area (TPSA) is 79.5 Å². The van der Waals surface area contributed by atoms with E-state index in [1.807, 2.05) is 0 Å². The number of hydrogen-bond donors (Lipinski definition) is 2. The van der Waals surface area contributed by atoms with E-state index in [1.54, 1.807) is 31.2 Å². The quantitative estimate of drug-likeness (QED) is 0.908. The minimum Gasteiger partial charge on any atom is -0.478 e. The van der Waals surface area contributed by atoms with Crippen LogP contribution in [0.4, 0.5) is 0 Å². The number of aryl methyl sites for hydroxylation is 1. The molecule has 0 atom stereocenters. The normalized spacial score (nSPS) is 10.3. The number of carbonyl (C=O) groups excluding carboxylic acids is 1.